The van der Waals surface area contributed by atoms with Crippen molar-refractivity contribution in [2.24, 2.45) is 0 Å². The van der Waals surface area contributed by atoms with Crippen LogP contribution >= 0.6 is 11.6 Å². The molecule has 1 fully saturated rings. The summed E-state index contributed by atoms with van der Waals surface area (Å²) in [6, 6.07) is 9.34. The first-order valence-electron chi connectivity index (χ1n) is 10.0. The quantitative estimate of drug-likeness (QED) is 0.603. The second-order valence-corrected chi connectivity index (χ2v) is 7.87. The zero-order valence-electron chi connectivity index (χ0n) is 17.1. The minimum atomic E-state index is -0.248. The molecule has 3 rings (SSSR count). The molecule has 8 heteroatoms. The van der Waals surface area contributed by atoms with E-state index in [4.69, 9.17) is 21.1 Å². The number of ether oxygens (including phenoxy) is 2. The van der Waals surface area contributed by atoms with Crippen molar-refractivity contribution in [1.29, 1.82) is 0 Å². The van der Waals surface area contributed by atoms with Gasteiger partial charge in [-0.05, 0) is 56.9 Å². The molecule has 7 nitrogen and oxygen atoms in total. The van der Waals surface area contributed by atoms with E-state index in [1.807, 2.05) is 38.1 Å². The smallest absolute Gasteiger partial charge is 0.258 e. The Labute approximate surface area is 181 Å². The van der Waals surface area contributed by atoms with Crippen LogP contribution in [0.5, 0.6) is 11.6 Å². The van der Waals surface area contributed by atoms with Gasteiger partial charge >= 0.3 is 0 Å². The van der Waals surface area contributed by atoms with Gasteiger partial charge in [-0.15, -0.1) is 0 Å². The topological polar surface area (TPSA) is 89.6 Å². The number of hydrogen-bond donors (Lipinski definition) is 2. The summed E-state index contributed by atoms with van der Waals surface area (Å²) in [7, 11) is 0. The van der Waals surface area contributed by atoms with E-state index in [9.17, 15) is 9.59 Å². The lowest BCUT2D eigenvalue weighted by atomic mass is 10.1. The third kappa shape index (κ3) is 6.91. The van der Waals surface area contributed by atoms with Gasteiger partial charge < -0.3 is 20.1 Å². The molecule has 0 atom stereocenters. The van der Waals surface area contributed by atoms with Crippen LogP contribution in [0.1, 0.15) is 42.6 Å². The maximum atomic E-state index is 12.3. The predicted molar refractivity (Wildman–Crippen MR) is 114 cm³/mol. The van der Waals surface area contributed by atoms with Gasteiger partial charge in [-0.1, -0.05) is 23.7 Å². The number of nitrogens with one attached hydrogen (secondary N) is 2. The van der Waals surface area contributed by atoms with Gasteiger partial charge in [0, 0.05) is 18.8 Å². The Morgan fingerprint density at radius 1 is 1.23 bits per heavy atom. The fourth-order valence-electron chi connectivity index (χ4n) is 2.68. The average molecular weight is 432 g/mol. The highest BCUT2D eigenvalue weighted by atomic mass is 35.5. The molecule has 1 aromatic heterocycles. The van der Waals surface area contributed by atoms with Crippen LogP contribution < -0.4 is 20.1 Å². The van der Waals surface area contributed by atoms with Crippen molar-refractivity contribution in [3.05, 3.63) is 52.7 Å². The Hall–Kier alpha value is -2.80. The van der Waals surface area contributed by atoms with Crippen molar-refractivity contribution in [3.63, 3.8) is 0 Å². The summed E-state index contributed by atoms with van der Waals surface area (Å²) >= 11 is 6.13. The molecule has 2 N–H and O–H groups in total. The molecule has 0 spiro atoms. The van der Waals surface area contributed by atoms with Crippen LogP contribution in [0.25, 0.3) is 0 Å². The van der Waals surface area contributed by atoms with Crippen LogP contribution in [-0.2, 0) is 11.2 Å². The fraction of sp³-hybridized carbons (Fsp3) is 0.409. The van der Waals surface area contributed by atoms with E-state index in [0.29, 0.717) is 41.2 Å². The summed E-state index contributed by atoms with van der Waals surface area (Å²) in [6.07, 6.45) is 4.16. The number of aromatic nitrogens is 1. The second kappa shape index (κ2) is 10.3. The van der Waals surface area contributed by atoms with Crippen molar-refractivity contribution in [2.75, 3.05) is 13.2 Å². The van der Waals surface area contributed by atoms with Gasteiger partial charge in [0.05, 0.1) is 11.7 Å². The molecule has 1 aliphatic rings. The number of halogens is 1. The standard InChI is InChI=1S/C22H26ClN3O4/c1-14(2)30-22-19(23)11-16(12-25-22)21(28)24-10-9-15-3-7-18(8-4-15)29-13-20(27)26-17-5-6-17/h3-4,7-8,11-12,14,17H,5-6,9-10,13H2,1-2H3,(H,24,28)(H,26,27). The Balaban J connectivity index is 1.41. The first kappa shape index (κ1) is 21.9. The first-order chi connectivity index (χ1) is 14.4. The number of rotatable bonds is 10. The van der Waals surface area contributed by atoms with Crippen molar-refractivity contribution in [1.82, 2.24) is 15.6 Å². The molecule has 0 saturated heterocycles. The van der Waals surface area contributed by atoms with Gasteiger partial charge in [-0.2, -0.15) is 0 Å². The number of amides is 2. The maximum Gasteiger partial charge on any atom is 0.258 e. The van der Waals surface area contributed by atoms with E-state index >= 15 is 0 Å². The van der Waals surface area contributed by atoms with E-state index in [1.165, 1.54) is 6.20 Å². The Morgan fingerprint density at radius 3 is 2.60 bits per heavy atom. The summed E-state index contributed by atoms with van der Waals surface area (Å²) in [4.78, 5) is 28.0. The van der Waals surface area contributed by atoms with Crippen LogP contribution in [0.4, 0.5) is 0 Å². The van der Waals surface area contributed by atoms with E-state index in [2.05, 4.69) is 15.6 Å². The molecule has 0 bridgehead atoms. The van der Waals surface area contributed by atoms with Crippen molar-refractivity contribution >= 4 is 23.4 Å². The molecule has 0 aliphatic heterocycles. The highest BCUT2D eigenvalue weighted by molar-refractivity contribution is 6.32. The van der Waals surface area contributed by atoms with Gasteiger partial charge in [-0.25, -0.2) is 4.98 Å². The van der Waals surface area contributed by atoms with Crippen LogP contribution in [0.15, 0.2) is 36.5 Å². The molecule has 30 heavy (non-hydrogen) atoms. The first-order valence-corrected chi connectivity index (χ1v) is 10.4. The maximum absolute atomic E-state index is 12.3. The predicted octanol–water partition coefficient (Wildman–Crippen LogP) is 3.15. The van der Waals surface area contributed by atoms with Gasteiger partial charge in [-0.3, -0.25) is 9.59 Å². The SMILES string of the molecule is CC(C)Oc1ncc(C(=O)NCCc2ccc(OCC(=O)NC3CC3)cc2)cc1Cl. The summed E-state index contributed by atoms with van der Waals surface area (Å²) in [5.41, 5.74) is 1.42. The van der Waals surface area contributed by atoms with Crippen molar-refractivity contribution in [3.8, 4) is 11.6 Å². The number of pyridine rings is 1. The largest absolute Gasteiger partial charge is 0.484 e. The lowest BCUT2D eigenvalue weighted by molar-refractivity contribution is -0.123. The molecule has 0 unspecified atom stereocenters. The number of benzene rings is 1. The average Bonchev–Trinajstić information content (AvgIpc) is 3.52. The highest BCUT2D eigenvalue weighted by Crippen LogP contribution is 2.23. The Bertz CT molecular complexity index is 882. The highest BCUT2D eigenvalue weighted by Gasteiger charge is 2.23. The molecule has 1 heterocycles. The Morgan fingerprint density at radius 2 is 1.97 bits per heavy atom. The number of carbonyl (C=O) groups is 2. The van der Waals surface area contributed by atoms with Gasteiger partial charge in [0.15, 0.2) is 6.61 Å². The van der Waals surface area contributed by atoms with Crippen LogP contribution in [0.3, 0.4) is 0 Å². The summed E-state index contributed by atoms with van der Waals surface area (Å²) in [6.45, 7) is 4.24. The van der Waals surface area contributed by atoms with Crippen molar-refractivity contribution < 1.29 is 19.1 Å². The third-order valence-corrected chi connectivity index (χ3v) is 4.62. The molecule has 0 radical (unpaired) electrons. The van der Waals surface area contributed by atoms with Crippen LogP contribution in [0, 0.1) is 0 Å². The van der Waals surface area contributed by atoms with E-state index in [0.717, 1.165) is 18.4 Å². The molecule has 2 amide bonds. The van der Waals surface area contributed by atoms with Gasteiger partial charge in [0.2, 0.25) is 5.88 Å². The second-order valence-electron chi connectivity index (χ2n) is 7.46. The summed E-state index contributed by atoms with van der Waals surface area (Å²) in [5.74, 6) is 0.610. The van der Waals surface area contributed by atoms with E-state index in [-0.39, 0.29) is 24.5 Å². The van der Waals surface area contributed by atoms with E-state index in [1.54, 1.807) is 6.07 Å². The molecular weight excluding hydrogens is 406 g/mol. The molecule has 160 valence electrons. The van der Waals surface area contributed by atoms with Crippen molar-refractivity contribution in [2.45, 2.75) is 45.3 Å². The summed E-state index contributed by atoms with van der Waals surface area (Å²) < 4.78 is 11.0. The molecular formula is C22H26ClN3O4. The zero-order chi connectivity index (χ0) is 21.5. The number of carbonyl (C=O) groups excluding carboxylic acids is 2. The van der Waals surface area contributed by atoms with Gasteiger partial charge in [0.25, 0.3) is 11.8 Å². The number of nitrogens with zero attached hydrogens (tertiary/aromatic N) is 1. The Kier molecular flexibility index (Phi) is 7.52. The molecule has 1 saturated carbocycles. The lowest BCUT2D eigenvalue weighted by Gasteiger charge is -2.11. The van der Waals surface area contributed by atoms with E-state index < -0.39 is 0 Å². The minimum Gasteiger partial charge on any atom is -0.484 e. The zero-order valence-corrected chi connectivity index (χ0v) is 17.9. The summed E-state index contributed by atoms with van der Waals surface area (Å²) in [5, 5.41) is 6.03. The van der Waals surface area contributed by atoms with Crippen LogP contribution in [-0.4, -0.2) is 42.1 Å². The number of hydrogen-bond acceptors (Lipinski definition) is 5. The van der Waals surface area contributed by atoms with Crippen LogP contribution in [0.2, 0.25) is 5.02 Å². The third-order valence-electron chi connectivity index (χ3n) is 4.35. The normalized spacial score (nSPS) is 13.1. The molecule has 1 aliphatic carbocycles. The molecule has 1 aromatic carbocycles. The fourth-order valence-corrected chi connectivity index (χ4v) is 2.89. The lowest BCUT2D eigenvalue weighted by Crippen LogP contribution is -2.30. The minimum absolute atomic E-state index is 0.0174. The molecule has 2 aromatic rings. The van der Waals surface area contributed by atoms with Gasteiger partial charge in [0.1, 0.15) is 10.8 Å². The monoisotopic (exact) mass is 431 g/mol.